The lowest BCUT2D eigenvalue weighted by atomic mass is 10.0. The van der Waals surface area contributed by atoms with Crippen LogP contribution in [0.5, 0.6) is 17.2 Å². The van der Waals surface area contributed by atoms with Crippen LogP contribution in [0.4, 0.5) is 0 Å². The number of hydrogen-bond acceptors (Lipinski definition) is 6. The molecule has 0 aliphatic heterocycles. The van der Waals surface area contributed by atoms with E-state index in [0.29, 0.717) is 55.4 Å². The van der Waals surface area contributed by atoms with Crippen LogP contribution in [-0.4, -0.2) is 36.3 Å². The lowest BCUT2D eigenvalue weighted by molar-refractivity contribution is 0.0732. The SMILES string of the molecule is CCOc1ccc(C(=O)Oc2c(Br)cc(Br)cc2C=NNC(=O)c2[nH]c3c(Br)cccc3c2-c2ccccc2Cl)cc1OCC. The fraction of sp³-hybridized carbons (Fsp3) is 0.121. The fourth-order valence-electron chi connectivity index (χ4n) is 4.63. The first-order valence-corrected chi connectivity index (χ1v) is 16.5. The average molecular weight is 819 g/mol. The van der Waals surface area contributed by atoms with Crippen LogP contribution in [0.1, 0.15) is 40.3 Å². The van der Waals surface area contributed by atoms with E-state index in [1.54, 1.807) is 36.4 Å². The van der Waals surface area contributed by atoms with Crippen molar-refractivity contribution in [2.45, 2.75) is 13.8 Å². The Kier molecular flexibility index (Phi) is 10.7. The first kappa shape index (κ1) is 32.7. The van der Waals surface area contributed by atoms with E-state index in [1.165, 1.54) is 6.21 Å². The van der Waals surface area contributed by atoms with Crippen molar-refractivity contribution in [2.24, 2.45) is 5.10 Å². The zero-order chi connectivity index (χ0) is 32.1. The molecule has 0 aliphatic carbocycles. The summed E-state index contributed by atoms with van der Waals surface area (Å²) in [5.74, 6) is 0.0699. The molecule has 0 unspecified atom stereocenters. The zero-order valence-corrected chi connectivity index (χ0v) is 29.4. The number of nitrogens with zero attached hydrogens (tertiary/aromatic N) is 1. The van der Waals surface area contributed by atoms with Crippen molar-refractivity contribution in [3.05, 3.63) is 108 Å². The number of benzene rings is 4. The molecule has 1 aromatic heterocycles. The Hall–Kier alpha value is -3.64. The summed E-state index contributed by atoms with van der Waals surface area (Å²) in [5.41, 5.74) is 5.65. The van der Waals surface area contributed by atoms with Gasteiger partial charge in [-0.2, -0.15) is 5.10 Å². The number of rotatable bonds is 10. The van der Waals surface area contributed by atoms with E-state index in [4.69, 9.17) is 25.8 Å². The number of para-hydroxylation sites is 1. The summed E-state index contributed by atoms with van der Waals surface area (Å²) in [6.07, 6.45) is 1.40. The second-order valence-corrected chi connectivity index (χ2v) is 12.5. The van der Waals surface area contributed by atoms with Crippen LogP contribution in [-0.2, 0) is 0 Å². The van der Waals surface area contributed by atoms with Gasteiger partial charge in [-0.25, -0.2) is 10.2 Å². The summed E-state index contributed by atoms with van der Waals surface area (Å²) in [7, 11) is 0. The molecule has 0 saturated carbocycles. The van der Waals surface area contributed by atoms with Gasteiger partial charge >= 0.3 is 5.97 Å². The van der Waals surface area contributed by atoms with Gasteiger partial charge in [-0.3, -0.25) is 4.79 Å². The van der Waals surface area contributed by atoms with Crippen LogP contribution in [0.3, 0.4) is 0 Å². The van der Waals surface area contributed by atoms with Crippen LogP contribution in [0, 0.1) is 0 Å². The minimum absolute atomic E-state index is 0.208. The third-order valence-electron chi connectivity index (χ3n) is 6.53. The Bertz CT molecular complexity index is 1940. The predicted octanol–water partition coefficient (Wildman–Crippen LogP) is 9.56. The second kappa shape index (κ2) is 14.6. The van der Waals surface area contributed by atoms with Crippen molar-refractivity contribution in [2.75, 3.05) is 13.2 Å². The van der Waals surface area contributed by atoms with Crippen molar-refractivity contribution >= 4 is 88.4 Å². The van der Waals surface area contributed by atoms with E-state index >= 15 is 0 Å². The molecule has 0 aliphatic rings. The number of aromatic nitrogens is 1. The molecule has 0 saturated heterocycles. The molecular weight excluding hydrogens is 794 g/mol. The molecule has 5 aromatic rings. The maximum absolute atomic E-state index is 13.5. The minimum Gasteiger partial charge on any atom is -0.490 e. The van der Waals surface area contributed by atoms with Gasteiger partial charge in [0.2, 0.25) is 0 Å². The molecule has 0 bridgehead atoms. The molecule has 45 heavy (non-hydrogen) atoms. The van der Waals surface area contributed by atoms with E-state index in [0.717, 1.165) is 15.4 Å². The number of nitrogens with one attached hydrogen (secondary N) is 2. The molecule has 4 aromatic carbocycles. The van der Waals surface area contributed by atoms with Crippen molar-refractivity contribution in [1.82, 2.24) is 10.4 Å². The topological polar surface area (TPSA) is 102 Å². The van der Waals surface area contributed by atoms with Crippen molar-refractivity contribution in [1.29, 1.82) is 0 Å². The molecule has 1 amide bonds. The highest BCUT2D eigenvalue weighted by Crippen LogP contribution is 2.39. The van der Waals surface area contributed by atoms with Crippen LogP contribution in [0.2, 0.25) is 5.02 Å². The third kappa shape index (κ3) is 7.27. The number of esters is 1. The first-order chi connectivity index (χ1) is 21.7. The molecule has 0 spiro atoms. The average Bonchev–Trinajstić information content (AvgIpc) is 3.41. The number of hydrazone groups is 1. The van der Waals surface area contributed by atoms with Gasteiger partial charge in [-0.05, 0) is 88.2 Å². The van der Waals surface area contributed by atoms with Crippen molar-refractivity contribution in [3.63, 3.8) is 0 Å². The van der Waals surface area contributed by atoms with Crippen LogP contribution >= 0.6 is 59.4 Å². The van der Waals surface area contributed by atoms with Gasteiger partial charge < -0.3 is 19.2 Å². The Balaban J connectivity index is 1.43. The van der Waals surface area contributed by atoms with Crippen molar-refractivity contribution in [3.8, 4) is 28.4 Å². The van der Waals surface area contributed by atoms with Crippen molar-refractivity contribution < 1.29 is 23.8 Å². The number of carbonyl (C=O) groups is 2. The smallest absolute Gasteiger partial charge is 0.343 e. The number of ether oxygens (including phenoxy) is 3. The van der Waals surface area contributed by atoms with Gasteiger partial charge in [-0.1, -0.05) is 57.9 Å². The highest BCUT2D eigenvalue weighted by molar-refractivity contribution is 9.11. The van der Waals surface area contributed by atoms with Gasteiger partial charge in [0.15, 0.2) is 17.2 Å². The second-order valence-electron chi connectivity index (χ2n) is 9.44. The third-order valence-corrected chi connectivity index (χ3v) is 8.57. The summed E-state index contributed by atoms with van der Waals surface area (Å²) >= 11 is 17.0. The van der Waals surface area contributed by atoms with E-state index in [1.807, 2.05) is 50.2 Å². The standard InChI is InChI=1S/C33H25Br3ClN3O5/c1-3-43-26-13-12-18(15-27(26)44-4-2)33(42)45-31-19(14-20(34)16-24(31)36)17-38-40-32(41)30-28(21-8-5-6-11-25(21)37)22-9-7-10-23(35)29(22)39-30/h5-17,39H,3-4H2,1-2H3,(H,40,41). The predicted molar refractivity (Wildman–Crippen MR) is 187 cm³/mol. The number of H-pyrrole nitrogens is 1. The molecular formula is C33H25Br3ClN3O5. The number of carbonyl (C=O) groups excluding carboxylic acids is 2. The van der Waals surface area contributed by atoms with E-state index in [-0.39, 0.29) is 17.0 Å². The van der Waals surface area contributed by atoms with Gasteiger partial charge in [0.05, 0.1) is 35.0 Å². The van der Waals surface area contributed by atoms with Crippen LogP contribution < -0.4 is 19.6 Å². The molecule has 230 valence electrons. The largest absolute Gasteiger partial charge is 0.490 e. The Morgan fingerprint density at radius 2 is 1.67 bits per heavy atom. The van der Waals surface area contributed by atoms with Gasteiger partial charge in [0, 0.05) is 36.0 Å². The number of halogens is 4. The summed E-state index contributed by atoms with van der Waals surface area (Å²) in [6.45, 7) is 4.57. The van der Waals surface area contributed by atoms with E-state index in [2.05, 4.69) is 63.3 Å². The molecule has 0 atom stereocenters. The maximum atomic E-state index is 13.5. The summed E-state index contributed by atoms with van der Waals surface area (Å²) in [6, 6.07) is 21.3. The van der Waals surface area contributed by atoms with E-state index < -0.39 is 11.9 Å². The molecule has 5 rings (SSSR count). The van der Waals surface area contributed by atoms with Crippen LogP contribution in [0.25, 0.3) is 22.0 Å². The van der Waals surface area contributed by atoms with Gasteiger partial charge in [-0.15, -0.1) is 0 Å². The maximum Gasteiger partial charge on any atom is 0.343 e. The highest BCUT2D eigenvalue weighted by Gasteiger charge is 2.22. The molecule has 0 fully saturated rings. The number of hydrogen-bond donors (Lipinski definition) is 2. The number of amides is 1. The highest BCUT2D eigenvalue weighted by atomic mass is 79.9. The molecule has 1 heterocycles. The molecule has 2 N–H and O–H groups in total. The monoisotopic (exact) mass is 815 g/mol. The van der Waals surface area contributed by atoms with Crippen LogP contribution in [0.15, 0.2) is 91.3 Å². The Labute approximate surface area is 289 Å². The summed E-state index contributed by atoms with van der Waals surface area (Å²) in [4.78, 5) is 30.0. The zero-order valence-electron chi connectivity index (χ0n) is 23.9. The lowest BCUT2D eigenvalue weighted by Gasteiger charge is -2.13. The normalized spacial score (nSPS) is 11.2. The fourth-order valence-corrected chi connectivity index (χ4v) is 6.66. The first-order valence-electron chi connectivity index (χ1n) is 13.7. The lowest BCUT2D eigenvalue weighted by Crippen LogP contribution is -2.19. The summed E-state index contributed by atoms with van der Waals surface area (Å²) in [5, 5.41) is 5.52. The van der Waals surface area contributed by atoms with Gasteiger partial charge in [0.1, 0.15) is 5.69 Å². The number of fused-ring (bicyclic) bond motifs is 1. The quantitative estimate of drug-likeness (QED) is 0.0633. The van der Waals surface area contributed by atoms with E-state index in [9.17, 15) is 9.59 Å². The molecule has 8 nitrogen and oxygen atoms in total. The molecule has 0 radical (unpaired) electrons. The number of aromatic amines is 1. The Morgan fingerprint density at radius 1 is 0.911 bits per heavy atom. The minimum atomic E-state index is -0.617. The summed E-state index contributed by atoms with van der Waals surface area (Å²) < 4.78 is 19.0. The molecule has 12 heteroatoms. The van der Waals surface area contributed by atoms with Gasteiger partial charge in [0.25, 0.3) is 5.91 Å². The Morgan fingerprint density at radius 3 is 2.42 bits per heavy atom.